The molecule has 3 unspecified atom stereocenters. The van der Waals surface area contributed by atoms with Crippen LogP contribution in [0.25, 0.3) is 16.7 Å². The maximum absolute atomic E-state index is 14.4. The van der Waals surface area contributed by atoms with Crippen LogP contribution in [0.4, 0.5) is 0 Å². The third-order valence-electron chi connectivity index (χ3n) is 13.7. The lowest BCUT2D eigenvalue weighted by Gasteiger charge is -2.30. The number of benzene rings is 3. The smallest absolute Gasteiger partial charge is 0.255 e. The van der Waals surface area contributed by atoms with Crippen LogP contribution in [0.3, 0.4) is 0 Å². The molecular weight excluding hydrogens is 880 g/mol. The summed E-state index contributed by atoms with van der Waals surface area (Å²) in [4.78, 5) is 54.6. The van der Waals surface area contributed by atoms with Crippen molar-refractivity contribution in [2.45, 2.75) is 104 Å². The Labute approximate surface area is 401 Å². The Kier molecular flexibility index (Phi) is 13.0. The van der Waals surface area contributed by atoms with E-state index < -0.39 is 30.1 Å². The fourth-order valence-corrected chi connectivity index (χ4v) is 10.1. The van der Waals surface area contributed by atoms with Gasteiger partial charge in [-0.05, 0) is 110 Å². The van der Waals surface area contributed by atoms with Gasteiger partial charge >= 0.3 is 0 Å². The van der Waals surface area contributed by atoms with Gasteiger partial charge in [0.15, 0.2) is 11.6 Å². The molecule has 0 bridgehead atoms. The standard InChI is InChI=1S/C52H57ClN10O5/c1-28(2)48(52(67)61-27-40(64)23-44(61)51(66)56-32(6)34-14-16-35(17-15-34)42-13-8-10-29(42)3)62-26-38(25-54-62)37-11-9-12-41(22-37)68-60-45(65)24-43-49-59-58-33(7)63(49)50-46(30(4)31(5)55-50)47(57-43)36-18-20-39(53)21-19-36/h8-12,14-22,25-26,28,32,40,43-44,46,48,50,55,64H,13,23-24,27H2,1-7H3,(H,56,66)(H,60,65)/t32-,40+,43-,44-,46?,48?,50?/m0/s1. The second-order valence-corrected chi connectivity index (χ2v) is 19.1. The minimum atomic E-state index is -0.846. The van der Waals surface area contributed by atoms with Crippen molar-refractivity contribution in [2.24, 2.45) is 16.8 Å². The number of carbonyl (C=O) groups excluding carboxylic acids is 3. The summed E-state index contributed by atoms with van der Waals surface area (Å²) >= 11 is 6.28. The number of hydrogen-bond donors (Lipinski definition) is 4. The number of fused-ring (bicyclic) bond motifs is 3. The van der Waals surface area contributed by atoms with Gasteiger partial charge in [-0.2, -0.15) is 10.6 Å². The van der Waals surface area contributed by atoms with Crippen LogP contribution in [0.15, 0.2) is 119 Å². The van der Waals surface area contributed by atoms with E-state index in [4.69, 9.17) is 21.4 Å². The lowest BCUT2D eigenvalue weighted by molar-refractivity contribution is -0.142. The van der Waals surface area contributed by atoms with E-state index in [1.165, 1.54) is 16.0 Å². The van der Waals surface area contributed by atoms with Gasteiger partial charge < -0.3 is 25.5 Å². The molecule has 1 saturated heterocycles. The molecule has 16 heteroatoms. The molecule has 352 valence electrons. The van der Waals surface area contributed by atoms with Crippen molar-refractivity contribution >= 4 is 40.6 Å². The molecule has 0 saturated carbocycles. The van der Waals surface area contributed by atoms with E-state index in [1.54, 1.807) is 35.3 Å². The van der Waals surface area contributed by atoms with Gasteiger partial charge in [0.25, 0.3) is 5.91 Å². The predicted octanol–water partition coefficient (Wildman–Crippen LogP) is 7.93. The van der Waals surface area contributed by atoms with Crippen LogP contribution in [-0.4, -0.2) is 76.7 Å². The molecule has 3 aliphatic heterocycles. The maximum atomic E-state index is 14.4. The van der Waals surface area contributed by atoms with Crippen LogP contribution in [0, 0.1) is 18.8 Å². The largest absolute Gasteiger partial charge is 0.391 e. The Balaban J connectivity index is 0.868. The minimum absolute atomic E-state index is 0.0380. The third kappa shape index (κ3) is 9.12. The lowest BCUT2D eigenvalue weighted by Crippen LogP contribution is -2.49. The number of amides is 3. The molecule has 4 aliphatic rings. The third-order valence-corrected chi connectivity index (χ3v) is 13.9. The van der Waals surface area contributed by atoms with E-state index in [1.807, 2.05) is 81.7 Å². The van der Waals surface area contributed by atoms with E-state index in [2.05, 4.69) is 69.5 Å². The van der Waals surface area contributed by atoms with Gasteiger partial charge in [0.1, 0.15) is 30.1 Å². The number of hydrogen-bond acceptors (Lipinski definition) is 10. The number of nitrogens with one attached hydrogen (secondary N) is 3. The Hall–Kier alpha value is -6.84. The van der Waals surface area contributed by atoms with Crippen molar-refractivity contribution in [2.75, 3.05) is 6.54 Å². The van der Waals surface area contributed by atoms with E-state index in [9.17, 15) is 19.5 Å². The van der Waals surface area contributed by atoms with Crippen molar-refractivity contribution in [3.05, 3.63) is 148 Å². The number of nitrogens with zero attached hydrogens (tertiary/aromatic N) is 7. The molecule has 15 nitrogen and oxygen atoms in total. The highest BCUT2D eigenvalue weighted by Gasteiger charge is 2.44. The lowest BCUT2D eigenvalue weighted by atomic mass is 9.89. The number of β-amino-alcohol motifs (C(OH)–C–C–N with tert-alkyl or cyclic N) is 1. The van der Waals surface area contributed by atoms with Crippen molar-refractivity contribution in [1.29, 1.82) is 0 Å². The van der Waals surface area contributed by atoms with Crippen LogP contribution in [-0.2, 0) is 14.4 Å². The van der Waals surface area contributed by atoms with Crippen LogP contribution >= 0.6 is 11.6 Å². The van der Waals surface area contributed by atoms with Crippen molar-refractivity contribution in [3.63, 3.8) is 0 Å². The van der Waals surface area contributed by atoms with Crippen molar-refractivity contribution in [3.8, 4) is 16.9 Å². The number of hydroxylamine groups is 1. The summed E-state index contributed by atoms with van der Waals surface area (Å²) in [6, 6.07) is 20.4. The molecule has 7 atom stereocenters. The van der Waals surface area contributed by atoms with E-state index >= 15 is 0 Å². The van der Waals surface area contributed by atoms with E-state index in [0.717, 1.165) is 45.7 Å². The fraction of sp³-hybridized carbons (Fsp3) is 0.365. The Morgan fingerprint density at radius 1 is 0.941 bits per heavy atom. The van der Waals surface area contributed by atoms with Crippen molar-refractivity contribution in [1.82, 2.24) is 45.6 Å². The van der Waals surface area contributed by atoms with Gasteiger partial charge in [0, 0.05) is 35.4 Å². The van der Waals surface area contributed by atoms with Crippen LogP contribution in [0.1, 0.15) is 113 Å². The fourth-order valence-electron chi connectivity index (χ4n) is 9.95. The molecular formula is C52H57ClN10O5. The number of aliphatic hydroxyl groups excluding tert-OH is 1. The van der Waals surface area contributed by atoms with Crippen LogP contribution in [0.2, 0.25) is 5.02 Å². The number of aromatic nitrogens is 5. The number of aliphatic hydroxyl groups is 1. The molecule has 1 fully saturated rings. The van der Waals surface area contributed by atoms with Gasteiger partial charge in [-0.3, -0.25) is 28.6 Å². The summed E-state index contributed by atoms with van der Waals surface area (Å²) in [6.07, 6.45) is 7.66. The molecule has 0 radical (unpaired) electrons. The van der Waals surface area contributed by atoms with Gasteiger partial charge in [0.05, 0.1) is 36.4 Å². The summed E-state index contributed by atoms with van der Waals surface area (Å²) < 4.78 is 3.66. The zero-order valence-electron chi connectivity index (χ0n) is 39.3. The highest BCUT2D eigenvalue weighted by molar-refractivity contribution is 6.30. The van der Waals surface area contributed by atoms with Gasteiger partial charge in [-0.25, -0.2) is 0 Å². The SMILES string of the molecule is CC1=C(c2ccc([C@H](C)NC(=O)[C@@H]3C[C@@H](O)CN3C(=O)C(C(C)C)n3cc(-c4cccc(ONC(=O)C[C@@H]5N=C(c6ccc(Cl)cc6)C6C(C)=C(C)NC6n6c(C)nnc65)c4)cn3)cc2)CC=C1. The molecule has 0 spiro atoms. The normalized spacial score (nSPS) is 21.8. The summed E-state index contributed by atoms with van der Waals surface area (Å²) in [7, 11) is 0. The molecule has 3 aromatic carbocycles. The first kappa shape index (κ1) is 46.3. The molecule has 1 aliphatic carbocycles. The van der Waals surface area contributed by atoms with E-state index in [0.29, 0.717) is 28.0 Å². The zero-order valence-corrected chi connectivity index (χ0v) is 40.0. The monoisotopic (exact) mass is 936 g/mol. The number of likely N-dealkylation sites (tertiary alicyclic amines) is 1. The van der Waals surface area contributed by atoms with Crippen LogP contribution in [0.5, 0.6) is 5.75 Å². The molecule has 4 N–H and O–H groups in total. The zero-order chi connectivity index (χ0) is 48.0. The predicted molar refractivity (Wildman–Crippen MR) is 260 cm³/mol. The van der Waals surface area contributed by atoms with Gasteiger partial charge in [-0.1, -0.05) is 86.1 Å². The Bertz CT molecular complexity index is 2880. The molecule has 5 aromatic rings. The second-order valence-electron chi connectivity index (χ2n) is 18.7. The molecule has 68 heavy (non-hydrogen) atoms. The number of carbonyl (C=O) groups is 3. The van der Waals surface area contributed by atoms with E-state index in [-0.39, 0.29) is 55.2 Å². The molecule has 3 amide bonds. The summed E-state index contributed by atoms with van der Waals surface area (Å²) in [5.74, 6) is 0.299. The maximum Gasteiger partial charge on any atom is 0.255 e. The van der Waals surface area contributed by atoms with Crippen molar-refractivity contribution < 1.29 is 24.3 Å². The van der Waals surface area contributed by atoms with Gasteiger partial charge in [-0.15, -0.1) is 10.2 Å². The first-order valence-corrected chi connectivity index (χ1v) is 23.6. The summed E-state index contributed by atoms with van der Waals surface area (Å²) in [5.41, 5.74) is 12.6. The quantitative estimate of drug-likeness (QED) is 0.0853. The summed E-state index contributed by atoms with van der Waals surface area (Å²) in [6.45, 7) is 14.0. The molecule has 9 rings (SSSR count). The highest BCUT2D eigenvalue weighted by Crippen LogP contribution is 2.42. The number of aryl methyl sites for hydroxylation is 1. The van der Waals surface area contributed by atoms with Crippen LogP contribution < -0.4 is 21.0 Å². The Morgan fingerprint density at radius 2 is 1.69 bits per heavy atom. The first-order valence-electron chi connectivity index (χ1n) is 23.2. The number of halogens is 1. The topological polar surface area (TPSA) is 181 Å². The molecule has 2 aromatic heterocycles. The first-order chi connectivity index (χ1) is 32.6. The van der Waals surface area contributed by atoms with Gasteiger partial charge in [0.2, 0.25) is 11.8 Å². The highest BCUT2D eigenvalue weighted by atomic mass is 35.5. The average molecular weight is 938 g/mol. The number of allylic oxidation sites excluding steroid dienone is 5. The number of aliphatic imine (C=N–C) groups is 1. The Morgan fingerprint density at radius 3 is 2.41 bits per heavy atom. The number of rotatable bonds is 13. The molecule has 5 heterocycles. The average Bonchev–Trinajstić information content (AvgIpc) is 4.17. The minimum Gasteiger partial charge on any atom is -0.391 e. The second kappa shape index (κ2) is 19.0. The summed E-state index contributed by atoms with van der Waals surface area (Å²) in [5, 5.41) is 31.7.